The van der Waals surface area contributed by atoms with E-state index < -0.39 is 0 Å². The molecule has 0 saturated carbocycles. The first kappa shape index (κ1) is 15.7. The SMILES string of the molecule is C1=CC2=NC1=CC1=NC(=CC3=NC(=CC4=NC(=C2)C=C4)C=C3)C=C1.[Zn]. The fraction of sp³-hybridized carbons (Fsp3) is 0. The van der Waals surface area contributed by atoms with Gasteiger partial charge in [0.1, 0.15) is 0 Å². The Bertz CT molecular complexity index is 848. The molecule has 25 heavy (non-hydrogen) atoms. The minimum Gasteiger partial charge on any atom is -0.249 e. The van der Waals surface area contributed by atoms with Gasteiger partial charge in [-0.05, 0) is 72.9 Å². The molecule has 0 spiro atoms. The molecule has 0 aromatic rings. The zero-order chi connectivity index (χ0) is 15.9. The Morgan fingerprint density at radius 1 is 0.360 bits per heavy atom. The second kappa shape index (κ2) is 6.26. The quantitative estimate of drug-likeness (QED) is 0.583. The van der Waals surface area contributed by atoms with Gasteiger partial charge in [-0.25, -0.2) is 20.0 Å². The first-order valence-electron chi connectivity index (χ1n) is 7.74. The Morgan fingerprint density at radius 3 is 0.840 bits per heavy atom. The molecule has 0 radical (unpaired) electrons. The van der Waals surface area contributed by atoms with Crippen molar-refractivity contribution in [3.05, 3.63) is 95.7 Å². The van der Waals surface area contributed by atoms with Crippen LogP contribution in [0, 0.1) is 0 Å². The summed E-state index contributed by atoms with van der Waals surface area (Å²) in [4.78, 5) is 18.4. The van der Waals surface area contributed by atoms with Gasteiger partial charge in [-0.2, -0.15) is 0 Å². The molecule has 114 valence electrons. The predicted molar refractivity (Wildman–Crippen MR) is 98.6 cm³/mol. The molecule has 0 aromatic heterocycles. The van der Waals surface area contributed by atoms with E-state index in [4.69, 9.17) is 0 Å². The standard InChI is InChI=1S/C20H12N4.Zn/c1-2-14-10-16-5-6-18(23-16)12-20-8-7-19(24-20)11-17-4-3-15(22-17)9-13(1)21-14;/h1-12H;. The van der Waals surface area contributed by atoms with Crippen molar-refractivity contribution in [1.29, 1.82) is 0 Å². The van der Waals surface area contributed by atoms with Crippen molar-refractivity contribution in [2.24, 2.45) is 20.0 Å². The van der Waals surface area contributed by atoms with Gasteiger partial charge in [0.05, 0.1) is 45.6 Å². The molecule has 5 aliphatic heterocycles. The molecule has 0 unspecified atom stereocenters. The molecular formula is C20H12N4Zn. The van der Waals surface area contributed by atoms with Crippen LogP contribution in [0.4, 0.5) is 0 Å². The van der Waals surface area contributed by atoms with Crippen LogP contribution in [0.3, 0.4) is 0 Å². The van der Waals surface area contributed by atoms with Gasteiger partial charge in [0.2, 0.25) is 0 Å². The molecule has 0 atom stereocenters. The van der Waals surface area contributed by atoms with Crippen LogP contribution in [-0.4, -0.2) is 22.8 Å². The van der Waals surface area contributed by atoms with Gasteiger partial charge < -0.3 is 0 Å². The number of rotatable bonds is 0. The molecule has 0 N–H and O–H groups in total. The van der Waals surface area contributed by atoms with E-state index in [0.717, 1.165) is 45.6 Å². The Hall–Kier alpha value is -2.78. The summed E-state index contributed by atoms with van der Waals surface area (Å²) in [7, 11) is 0. The maximum atomic E-state index is 4.59. The minimum atomic E-state index is 0. The van der Waals surface area contributed by atoms with Gasteiger partial charge in [0.15, 0.2) is 0 Å². The summed E-state index contributed by atoms with van der Waals surface area (Å²) in [5.41, 5.74) is 7.15. The molecule has 0 aliphatic carbocycles. The molecule has 5 heterocycles. The van der Waals surface area contributed by atoms with Gasteiger partial charge in [-0.15, -0.1) is 0 Å². The monoisotopic (exact) mass is 372 g/mol. The van der Waals surface area contributed by atoms with Gasteiger partial charge in [0.25, 0.3) is 0 Å². The minimum absolute atomic E-state index is 0. The van der Waals surface area contributed by atoms with Gasteiger partial charge >= 0.3 is 0 Å². The van der Waals surface area contributed by atoms with Crippen molar-refractivity contribution in [2.45, 2.75) is 0 Å². The Kier molecular flexibility index (Phi) is 3.94. The maximum Gasteiger partial charge on any atom is 0.0659 e. The van der Waals surface area contributed by atoms with E-state index in [1.54, 1.807) is 0 Å². The van der Waals surface area contributed by atoms with E-state index in [2.05, 4.69) is 20.0 Å². The summed E-state index contributed by atoms with van der Waals surface area (Å²) < 4.78 is 0. The van der Waals surface area contributed by atoms with Crippen LogP contribution in [-0.2, 0) is 19.5 Å². The zero-order valence-electron chi connectivity index (χ0n) is 13.4. The van der Waals surface area contributed by atoms with E-state index in [9.17, 15) is 0 Å². The third kappa shape index (κ3) is 3.24. The molecular weight excluding hydrogens is 362 g/mol. The summed E-state index contributed by atoms with van der Waals surface area (Å²) in [6.07, 6.45) is 23.8. The number of aliphatic imine (C=N–C) groups is 4. The fourth-order valence-corrected chi connectivity index (χ4v) is 2.83. The largest absolute Gasteiger partial charge is 0.249 e. The molecule has 8 bridgehead atoms. The first-order chi connectivity index (χ1) is 11.8. The summed E-state index contributed by atoms with van der Waals surface area (Å²) in [6, 6.07) is 0. The average molecular weight is 374 g/mol. The Balaban J connectivity index is 0.00000157. The van der Waals surface area contributed by atoms with Crippen molar-refractivity contribution in [1.82, 2.24) is 0 Å². The van der Waals surface area contributed by atoms with Crippen LogP contribution >= 0.6 is 0 Å². The van der Waals surface area contributed by atoms with Gasteiger partial charge in [-0.3, -0.25) is 0 Å². The summed E-state index contributed by atoms with van der Waals surface area (Å²) >= 11 is 0. The smallest absolute Gasteiger partial charge is 0.0659 e. The van der Waals surface area contributed by atoms with Crippen LogP contribution in [0.15, 0.2) is 116 Å². The zero-order valence-corrected chi connectivity index (χ0v) is 16.4. The maximum absolute atomic E-state index is 4.59. The molecule has 5 aliphatic rings. The number of allylic oxidation sites excluding steroid dienone is 12. The number of nitrogens with zero attached hydrogens (tertiary/aromatic N) is 4. The normalized spacial score (nSPS) is 21.8. The van der Waals surface area contributed by atoms with Crippen LogP contribution in [0.1, 0.15) is 0 Å². The van der Waals surface area contributed by atoms with Crippen LogP contribution in [0.2, 0.25) is 0 Å². The average Bonchev–Trinajstić information content (AvgIpc) is 3.32. The van der Waals surface area contributed by atoms with Crippen LogP contribution in [0.5, 0.6) is 0 Å². The molecule has 0 amide bonds. The second-order valence-electron chi connectivity index (χ2n) is 5.76. The molecule has 5 heteroatoms. The number of hydrogen-bond acceptors (Lipinski definition) is 4. The molecule has 4 nitrogen and oxygen atoms in total. The molecule has 0 saturated heterocycles. The van der Waals surface area contributed by atoms with E-state index in [1.807, 2.05) is 72.9 Å². The Morgan fingerprint density at radius 2 is 0.600 bits per heavy atom. The third-order valence-corrected chi connectivity index (χ3v) is 3.92. The second-order valence-corrected chi connectivity index (χ2v) is 5.76. The van der Waals surface area contributed by atoms with E-state index in [1.165, 1.54) is 0 Å². The van der Waals surface area contributed by atoms with E-state index >= 15 is 0 Å². The summed E-state index contributed by atoms with van der Waals surface area (Å²) in [6.45, 7) is 0. The van der Waals surface area contributed by atoms with Crippen LogP contribution in [0.25, 0.3) is 0 Å². The van der Waals surface area contributed by atoms with E-state index in [-0.39, 0.29) is 19.5 Å². The van der Waals surface area contributed by atoms with Crippen molar-refractivity contribution in [3.8, 4) is 0 Å². The molecule has 0 fully saturated rings. The van der Waals surface area contributed by atoms with Crippen molar-refractivity contribution in [3.63, 3.8) is 0 Å². The third-order valence-electron chi connectivity index (χ3n) is 3.92. The molecule has 0 aromatic carbocycles. The Labute approximate surface area is 158 Å². The number of hydrogen-bond donors (Lipinski definition) is 0. The fourth-order valence-electron chi connectivity index (χ4n) is 2.83. The van der Waals surface area contributed by atoms with Crippen LogP contribution < -0.4 is 0 Å². The topological polar surface area (TPSA) is 49.4 Å². The van der Waals surface area contributed by atoms with Gasteiger partial charge in [0, 0.05) is 19.5 Å². The summed E-state index contributed by atoms with van der Waals surface area (Å²) in [5.74, 6) is 0. The summed E-state index contributed by atoms with van der Waals surface area (Å²) in [5, 5.41) is 0. The van der Waals surface area contributed by atoms with Crippen molar-refractivity contribution >= 4 is 22.8 Å². The van der Waals surface area contributed by atoms with Crippen molar-refractivity contribution < 1.29 is 19.5 Å². The predicted octanol–water partition coefficient (Wildman–Crippen LogP) is 3.58. The number of fused-ring (bicyclic) bond motifs is 4. The first-order valence-corrected chi connectivity index (χ1v) is 7.74. The van der Waals surface area contributed by atoms with Crippen molar-refractivity contribution in [2.75, 3.05) is 0 Å². The van der Waals surface area contributed by atoms with Gasteiger partial charge in [-0.1, -0.05) is 0 Å². The molecule has 5 rings (SSSR count). The van der Waals surface area contributed by atoms with E-state index in [0.29, 0.717) is 0 Å².